The van der Waals surface area contributed by atoms with E-state index in [2.05, 4.69) is 45.5 Å². The SMILES string of the molecule is Nc1ccc(Br)cc1Nc1cc2ccccc2s1. The maximum absolute atomic E-state index is 5.95. The van der Waals surface area contributed by atoms with Crippen molar-refractivity contribution < 1.29 is 0 Å². The minimum atomic E-state index is 0.746. The van der Waals surface area contributed by atoms with Gasteiger partial charge in [-0.05, 0) is 35.7 Å². The van der Waals surface area contributed by atoms with Crippen molar-refractivity contribution in [3.8, 4) is 0 Å². The summed E-state index contributed by atoms with van der Waals surface area (Å²) in [4.78, 5) is 0. The monoisotopic (exact) mass is 318 g/mol. The molecule has 2 aromatic carbocycles. The molecule has 0 spiro atoms. The molecule has 18 heavy (non-hydrogen) atoms. The number of nitrogens with one attached hydrogen (secondary N) is 1. The van der Waals surface area contributed by atoms with Crippen molar-refractivity contribution >= 4 is 53.7 Å². The van der Waals surface area contributed by atoms with E-state index >= 15 is 0 Å². The Balaban J connectivity index is 1.98. The summed E-state index contributed by atoms with van der Waals surface area (Å²) in [7, 11) is 0. The molecule has 90 valence electrons. The highest BCUT2D eigenvalue weighted by Crippen LogP contribution is 2.34. The number of halogens is 1. The van der Waals surface area contributed by atoms with E-state index in [-0.39, 0.29) is 0 Å². The van der Waals surface area contributed by atoms with Gasteiger partial charge >= 0.3 is 0 Å². The van der Waals surface area contributed by atoms with Crippen LogP contribution in [0.1, 0.15) is 0 Å². The van der Waals surface area contributed by atoms with Crippen LogP contribution in [0, 0.1) is 0 Å². The number of rotatable bonds is 2. The zero-order valence-electron chi connectivity index (χ0n) is 9.48. The summed E-state index contributed by atoms with van der Waals surface area (Å²) in [5.41, 5.74) is 7.63. The zero-order valence-corrected chi connectivity index (χ0v) is 11.9. The number of fused-ring (bicyclic) bond motifs is 1. The van der Waals surface area contributed by atoms with Crippen molar-refractivity contribution in [1.82, 2.24) is 0 Å². The van der Waals surface area contributed by atoms with Gasteiger partial charge in [0.1, 0.15) is 0 Å². The van der Waals surface area contributed by atoms with Crippen molar-refractivity contribution in [1.29, 1.82) is 0 Å². The molecule has 3 aromatic rings. The number of thiophene rings is 1. The van der Waals surface area contributed by atoms with Crippen molar-refractivity contribution in [3.63, 3.8) is 0 Å². The fraction of sp³-hybridized carbons (Fsp3) is 0. The Morgan fingerprint density at radius 2 is 1.89 bits per heavy atom. The van der Waals surface area contributed by atoms with E-state index in [1.165, 1.54) is 10.1 Å². The molecule has 1 aromatic heterocycles. The van der Waals surface area contributed by atoms with E-state index in [9.17, 15) is 0 Å². The Kier molecular flexibility index (Phi) is 2.97. The molecule has 0 bridgehead atoms. The Labute approximate surface area is 118 Å². The normalized spacial score (nSPS) is 10.7. The number of benzene rings is 2. The molecule has 3 rings (SSSR count). The smallest absolute Gasteiger partial charge is 0.0939 e. The Hall–Kier alpha value is -1.52. The van der Waals surface area contributed by atoms with Gasteiger partial charge in [-0.2, -0.15) is 0 Å². The third-order valence-corrected chi connectivity index (χ3v) is 4.22. The fourth-order valence-corrected chi connectivity index (χ4v) is 3.15. The lowest BCUT2D eigenvalue weighted by Crippen LogP contribution is -1.94. The maximum Gasteiger partial charge on any atom is 0.0939 e. The third-order valence-electron chi connectivity index (χ3n) is 2.70. The quantitative estimate of drug-likeness (QED) is 0.653. The predicted octanol–water partition coefficient (Wildman–Crippen LogP) is 4.99. The van der Waals surface area contributed by atoms with Crippen LogP contribution in [-0.2, 0) is 0 Å². The summed E-state index contributed by atoms with van der Waals surface area (Å²) < 4.78 is 2.29. The first-order valence-electron chi connectivity index (χ1n) is 5.53. The largest absolute Gasteiger partial charge is 0.397 e. The molecule has 0 amide bonds. The summed E-state index contributed by atoms with van der Waals surface area (Å²) >= 11 is 5.18. The topological polar surface area (TPSA) is 38.0 Å². The molecule has 4 heteroatoms. The molecule has 0 aliphatic rings. The van der Waals surface area contributed by atoms with E-state index in [1.54, 1.807) is 11.3 Å². The number of nitrogen functional groups attached to an aromatic ring is 1. The number of hydrogen-bond acceptors (Lipinski definition) is 3. The van der Waals surface area contributed by atoms with Crippen LogP contribution in [0.25, 0.3) is 10.1 Å². The second-order valence-corrected chi connectivity index (χ2v) is 6.00. The predicted molar refractivity (Wildman–Crippen MR) is 83.7 cm³/mol. The van der Waals surface area contributed by atoms with Crippen LogP contribution in [0.5, 0.6) is 0 Å². The number of anilines is 3. The molecule has 0 fully saturated rings. The van der Waals surface area contributed by atoms with Crippen LogP contribution in [-0.4, -0.2) is 0 Å². The molecule has 0 atom stereocenters. The van der Waals surface area contributed by atoms with E-state index in [0.29, 0.717) is 0 Å². The van der Waals surface area contributed by atoms with Gasteiger partial charge < -0.3 is 11.1 Å². The zero-order chi connectivity index (χ0) is 12.5. The van der Waals surface area contributed by atoms with Crippen LogP contribution >= 0.6 is 27.3 Å². The van der Waals surface area contributed by atoms with Gasteiger partial charge in [-0.15, -0.1) is 11.3 Å². The highest BCUT2D eigenvalue weighted by molar-refractivity contribution is 9.10. The van der Waals surface area contributed by atoms with Gasteiger partial charge in [-0.1, -0.05) is 34.1 Å². The van der Waals surface area contributed by atoms with Gasteiger partial charge in [0.25, 0.3) is 0 Å². The number of hydrogen-bond donors (Lipinski definition) is 2. The van der Waals surface area contributed by atoms with Crippen LogP contribution in [0.2, 0.25) is 0 Å². The highest BCUT2D eigenvalue weighted by atomic mass is 79.9. The summed E-state index contributed by atoms with van der Waals surface area (Å²) in [5, 5.41) is 5.71. The second kappa shape index (κ2) is 4.63. The molecule has 0 unspecified atom stereocenters. The van der Waals surface area contributed by atoms with Crippen molar-refractivity contribution in [2.75, 3.05) is 11.1 Å². The lowest BCUT2D eigenvalue weighted by Gasteiger charge is -2.07. The molecule has 0 aliphatic heterocycles. The highest BCUT2D eigenvalue weighted by Gasteiger charge is 2.04. The summed E-state index contributed by atoms with van der Waals surface area (Å²) in [6.45, 7) is 0. The summed E-state index contributed by atoms with van der Waals surface area (Å²) in [6.07, 6.45) is 0. The molecular formula is C14H11BrN2S. The van der Waals surface area contributed by atoms with Crippen LogP contribution < -0.4 is 11.1 Å². The molecule has 0 saturated carbocycles. The molecular weight excluding hydrogens is 308 g/mol. The van der Waals surface area contributed by atoms with E-state index in [1.807, 2.05) is 24.3 Å². The second-order valence-electron chi connectivity index (χ2n) is 4.01. The van der Waals surface area contributed by atoms with Crippen molar-refractivity contribution in [2.24, 2.45) is 0 Å². The lowest BCUT2D eigenvalue weighted by atomic mass is 10.2. The van der Waals surface area contributed by atoms with Gasteiger partial charge in [0, 0.05) is 9.17 Å². The van der Waals surface area contributed by atoms with Crippen molar-refractivity contribution in [3.05, 3.63) is 53.0 Å². The van der Waals surface area contributed by atoms with E-state index in [0.717, 1.165) is 20.8 Å². The van der Waals surface area contributed by atoms with Crippen molar-refractivity contribution in [2.45, 2.75) is 0 Å². The van der Waals surface area contributed by atoms with Gasteiger partial charge in [0.2, 0.25) is 0 Å². The first kappa shape index (κ1) is 11.6. The minimum absolute atomic E-state index is 0.746. The maximum atomic E-state index is 5.95. The Bertz CT molecular complexity index is 673. The third kappa shape index (κ3) is 2.21. The van der Waals surface area contributed by atoms with E-state index in [4.69, 9.17) is 5.73 Å². The Morgan fingerprint density at radius 3 is 2.72 bits per heavy atom. The summed E-state index contributed by atoms with van der Waals surface area (Å²) in [5.74, 6) is 0. The number of nitrogens with two attached hydrogens (primary N) is 1. The first-order valence-corrected chi connectivity index (χ1v) is 7.14. The van der Waals surface area contributed by atoms with Gasteiger partial charge in [0.05, 0.1) is 16.4 Å². The minimum Gasteiger partial charge on any atom is -0.397 e. The molecule has 0 radical (unpaired) electrons. The molecule has 0 saturated heterocycles. The first-order chi connectivity index (χ1) is 8.72. The van der Waals surface area contributed by atoms with Gasteiger partial charge in [-0.3, -0.25) is 0 Å². The standard InChI is InChI=1S/C14H11BrN2S/c15-10-5-6-11(16)12(8-10)17-14-7-9-3-1-2-4-13(9)18-14/h1-8,17H,16H2. The molecule has 3 N–H and O–H groups in total. The Morgan fingerprint density at radius 1 is 1.06 bits per heavy atom. The molecule has 0 aliphatic carbocycles. The van der Waals surface area contributed by atoms with E-state index < -0.39 is 0 Å². The van der Waals surface area contributed by atoms with Gasteiger partial charge in [-0.25, -0.2) is 0 Å². The van der Waals surface area contributed by atoms with Crippen LogP contribution in [0.4, 0.5) is 16.4 Å². The average Bonchev–Trinajstić information content (AvgIpc) is 2.76. The summed E-state index contributed by atoms with van der Waals surface area (Å²) in [6, 6.07) is 16.3. The lowest BCUT2D eigenvalue weighted by molar-refractivity contribution is 1.57. The van der Waals surface area contributed by atoms with Gasteiger partial charge in [0.15, 0.2) is 0 Å². The molecule has 1 heterocycles. The molecule has 2 nitrogen and oxygen atoms in total. The van der Waals surface area contributed by atoms with Crippen LogP contribution in [0.15, 0.2) is 53.0 Å². The van der Waals surface area contributed by atoms with Crippen LogP contribution in [0.3, 0.4) is 0 Å². The average molecular weight is 319 g/mol. The fourth-order valence-electron chi connectivity index (χ4n) is 1.81.